The van der Waals surface area contributed by atoms with Crippen molar-refractivity contribution in [3.8, 4) is 5.75 Å². The van der Waals surface area contributed by atoms with E-state index in [-0.39, 0.29) is 12.4 Å². The fraction of sp³-hybridized carbons (Fsp3) is 0.250. The molecule has 1 aliphatic heterocycles. The number of para-hydroxylation sites is 1. The van der Waals surface area contributed by atoms with Crippen LogP contribution in [-0.4, -0.2) is 24.4 Å². The number of carbonyl (C=O) groups excluding carboxylic acids is 1. The van der Waals surface area contributed by atoms with Crippen molar-refractivity contribution in [1.82, 2.24) is 0 Å². The Bertz CT molecular complexity index is 892. The minimum atomic E-state index is -4.85. The predicted octanol–water partition coefficient (Wildman–Crippen LogP) is 5.33. The Labute approximate surface area is 162 Å². The lowest BCUT2D eigenvalue weighted by atomic mass is 9.82. The normalized spacial score (nSPS) is 18.9. The van der Waals surface area contributed by atoms with Crippen LogP contribution < -0.4 is 4.74 Å². The Kier molecular flexibility index (Phi) is 5.33. The molecule has 142 valence electrons. The van der Waals surface area contributed by atoms with Gasteiger partial charge < -0.3 is 9.47 Å². The fourth-order valence-electron chi connectivity index (χ4n) is 2.99. The summed E-state index contributed by atoms with van der Waals surface area (Å²) in [6, 6.07) is 12.8. The van der Waals surface area contributed by atoms with E-state index < -0.39 is 29.7 Å². The van der Waals surface area contributed by atoms with Crippen LogP contribution in [0.3, 0.4) is 0 Å². The molecule has 7 heteroatoms. The summed E-state index contributed by atoms with van der Waals surface area (Å²) in [5, 5.41) is 0. The second kappa shape index (κ2) is 7.38. The minimum absolute atomic E-state index is 0.0409. The summed E-state index contributed by atoms with van der Waals surface area (Å²) in [4.78, 5) is 12.5. The van der Waals surface area contributed by atoms with Crippen LogP contribution in [0.25, 0.3) is 6.08 Å². The van der Waals surface area contributed by atoms with E-state index in [2.05, 4.69) is 15.9 Å². The van der Waals surface area contributed by atoms with Crippen LogP contribution in [0.2, 0.25) is 0 Å². The van der Waals surface area contributed by atoms with Crippen LogP contribution in [0.4, 0.5) is 13.2 Å². The van der Waals surface area contributed by atoms with Crippen molar-refractivity contribution in [2.45, 2.75) is 25.1 Å². The van der Waals surface area contributed by atoms with Crippen molar-refractivity contribution in [3.63, 3.8) is 0 Å². The van der Waals surface area contributed by atoms with Crippen molar-refractivity contribution in [3.05, 3.63) is 69.7 Å². The third-order valence-corrected chi connectivity index (χ3v) is 5.06. The molecule has 1 atom stereocenters. The SMILES string of the molecule is CCOC(=O)C1=Cc2ccccc2OC1(Cc1ccccc1Br)C(F)(F)F. The van der Waals surface area contributed by atoms with Gasteiger partial charge in [0, 0.05) is 16.5 Å². The predicted molar refractivity (Wildman–Crippen MR) is 98.3 cm³/mol. The molecule has 0 aliphatic carbocycles. The standard InChI is InChI=1S/C20H16BrF3O3/c1-2-26-18(25)15-11-13-7-4-6-10-17(13)27-19(15,20(22,23)24)12-14-8-3-5-9-16(14)21/h3-11H,2,12H2,1H3. The van der Waals surface area contributed by atoms with Gasteiger partial charge in [-0.25, -0.2) is 4.79 Å². The van der Waals surface area contributed by atoms with Crippen LogP contribution in [-0.2, 0) is 16.0 Å². The maximum absolute atomic E-state index is 14.4. The molecule has 2 aromatic carbocycles. The number of ether oxygens (including phenoxy) is 2. The van der Waals surface area contributed by atoms with E-state index in [0.717, 1.165) is 0 Å². The summed E-state index contributed by atoms with van der Waals surface area (Å²) in [7, 11) is 0. The third-order valence-electron chi connectivity index (χ3n) is 4.29. The molecule has 1 aliphatic rings. The quantitative estimate of drug-likeness (QED) is 0.602. The van der Waals surface area contributed by atoms with Crippen molar-refractivity contribution in [2.24, 2.45) is 0 Å². The average Bonchev–Trinajstić information content (AvgIpc) is 2.62. The molecule has 1 unspecified atom stereocenters. The molecule has 27 heavy (non-hydrogen) atoms. The fourth-order valence-corrected chi connectivity index (χ4v) is 3.42. The molecule has 0 N–H and O–H groups in total. The van der Waals surface area contributed by atoms with Gasteiger partial charge in [0.15, 0.2) is 0 Å². The lowest BCUT2D eigenvalue weighted by Crippen LogP contribution is -2.56. The van der Waals surface area contributed by atoms with E-state index in [1.807, 2.05) is 0 Å². The van der Waals surface area contributed by atoms with E-state index in [1.165, 1.54) is 12.1 Å². The van der Waals surface area contributed by atoms with Crippen LogP contribution >= 0.6 is 15.9 Å². The van der Waals surface area contributed by atoms with Gasteiger partial charge in [-0.1, -0.05) is 52.3 Å². The van der Waals surface area contributed by atoms with Gasteiger partial charge in [0.2, 0.25) is 5.60 Å². The molecule has 0 amide bonds. The molecule has 0 spiro atoms. The molecular weight excluding hydrogens is 425 g/mol. The highest BCUT2D eigenvalue weighted by atomic mass is 79.9. The van der Waals surface area contributed by atoms with E-state index in [4.69, 9.17) is 9.47 Å². The number of alkyl halides is 3. The van der Waals surface area contributed by atoms with Crippen molar-refractivity contribution < 1.29 is 27.4 Å². The number of benzene rings is 2. The summed E-state index contributed by atoms with van der Waals surface area (Å²) in [6.45, 7) is 1.50. The van der Waals surface area contributed by atoms with Gasteiger partial charge in [-0.05, 0) is 30.7 Å². The van der Waals surface area contributed by atoms with Crippen LogP contribution in [0.15, 0.2) is 58.6 Å². The Morgan fingerprint density at radius 1 is 1.15 bits per heavy atom. The van der Waals surface area contributed by atoms with Gasteiger partial charge in [-0.15, -0.1) is 0 Å². The molecule has 1 heterocycles. The lowest BCUT2D eigenvalue weighted by molar-refractivity contribution is -0.235. The third kappa shape index (κ3) is 3.60. The number of rotatable bonds is 4. The number of halogens is 4. The first-order chi connectivity index (χ1) is 12.8. The largest absolute Gasteiger partial charge is 0.472 e. The van der Waals surface area contributed by atoms with Crippen molar-refractivity contribution >= 4 is 28.0 Å². The first kappa shape index (κ1) is 19.5. The molecule has 0 saturated carbocycles. The molecule has 0 saturated heterocycles. The number of hydrogen-bond donors (Lipinski definition) is 0. The maximum Gasteiger partial charge on any atom is 0.433 e. The molecule has 3 nitrogen and oxygen atoms in total. The van der Waals surface area contributed by atoms with Gasteiger partial charge in [-0.2, -0.15) is 13.2 Å². The van der Waals surface area contributed by atoms with Gasteiger partial charge in [0.25, 0.3) is 0 Å². The van der Waals surface area contributed by atoms with Crippen molar-refractivity contribution in [1.29, 1.82) is 0 Å². The number of carbonyl (C=O) groups is 1. The summed E-state index contributed by atoms with van der Waals surface area (Å²) < 4.78 is 54.0. The summed E-state index contributed by atoms with van der Waals surface area (Å²) in [6.07, 6.45) is -4.22. The summed E-state index contributed by atoms with van der Waals surface area (Å²) >= 11 is 3.27. The molecule has 0 bridgehead atoms. The highest BCUT2D eigenvalue weighted by Gasteiger charge is 2.63. The van der Waals surface area contributed by atoms with Crippen LogP contribution in [0.1, 0.15) is 18.1 Å². The first-order valence-electron chi connectivity index (χ1n) is 8.26. The van der Waals surface area contributed by atoms with E-state index in [9.17, 15) is 18.0 Å². The van der Waals surface area contributed by atoms with Crippen LogP contribution in [0, 0.1) is 0 Å². The molecule has 3 rings (SSSR count). The molecule has 0 radical (unpaired) electrons. The monoisotopic (exact) mass is 440 g/mol. The second-order valence-electron chi connectivity index (χ2n) is 6.01. The van der Waals surface area contributed by atoms with Gasteiger partial charge in [0.1, 0.15) is 5.75 Å². The zero-order chi connectivity index (χ0) is 19.7. The zero-order valence-electron chi connectivity index (χ0n) is 14.3. The molecular formula is C20H16BrF3O3. The van der Waals surface area contributed by atoms with Gasteiger partial charge in [-0.3, -0.25) is 0 Å². The Hall–Kier alpha value is -2.28. The van der Waals surface area contributed by atoms with Crippen LogP contribution in [0.5, 0.6) is 5.75 Å². The smallest absolute Gasteiger partial charge is 0.433 e. The highest BCUT2D eigenvalue weighted by molar-refractivity contribution is 9.10. The number of hydrogen-bond acceptors (Lipinski definition) is 3. The Balaban J connectivity index is 2.21. The van der Waals surface area contributed by atoms with E-state index >= 15 is 0 Å². The number of fused-ring (bicyclic) bond motifs is 1. The van der Waals surface area contributed by atoms with Gasteiger partial charge in [0.05, 0.1) is 12.2 Å². The summed E-state index contributed by atoms with van der Waals surface area (Å²) in [5.41, 5.74) is -2.65. The van der Waals surface area contributed by atoms with E-state index in [1.54, 1.807) is 49.4 Å². The average molecular weight is 441 g/mol. The second-order valence-corrected chi connectivity index (χ2v) is 6.87. The van der Waals surface area contributed by atoms with Gasteiger partial charge >= 0.3 is 12.1 Å². The minimum Gasteiger partial charge on any atom is -0.472 e. The Morgan fingerprint density at radius 3 is 2.48 bits per heavy atom. The Morgan fingerprint density at radius 2 is 1.81 bits per heavy atom. The van der Waals surface area contributed by atoms with E-state index in [0.29, 0.717) is 15.6 Å². The molecule has 0 aromatic heterocycles. The first-order valence-corrected chi connectivity index (χ1v) is 9.05. The lowest BCUT2D eigenvalue weighted by Gasteiger charge is -2.40. The summed E-state index contributed by atoms with van der Waals surface area (Å²) in [5.74, 6) is -0.980. The number of esters is 1. The highest BCUT2D eigenvalue weighted by Crippen LogP contribution is 2.48. The zero-order valence-corrected chi connectivity index (χ0v) is 15.9. The maximum atomic E-state index is 14.4. The van der Waals surface area contributed by atoms with Crippen molar-refractivity contribution in [2.75, 3.05) is 6.61 Å². The molecule has 0 fully saturated rings. The topological polar surface area (TPSA) is 35.5 Å². The molecule has 2 aromatic rings.